The molecule has 0 unspecified atom stereocenters. The van der Waals surface area contributed by atoms with E-state index in [9.17, 15) is 4.39 Å². The Kier molecular flexibility index (Phi) is 1.58. The van der Waals surface area contributed by atoms with Crippen LogP contribution in [0.5, 0.6) is 0 Å². The first-order valence-corrected chi connectivity index (χ1v) is 2.77. The van der Waals surface area contributed by atoms with Crippen molar-refractivity contribution >= 4 is 15.9 Å². The molecule has 1 aromatic rings. The van der Waals surface area contributed by atoms with Crippen LogP contribution in [0.1, 0.15) is 0 Å². The number of hydrogen-bond donors (Lipinski definition) is 0. The lowest BCUT2D eigenvalue weighted by Gasteiger charge is -1.83. The van der Waals surface area contributed by atoms with E-state index < -0.39 is 5.95 Å². The summed E-state index contributed by atoms with van der Waals surface area (Å²) in [6, 6.07) is 3.92. The molecule has 1 aromatic heterocycles. The molecule has 1 rings (SSSR count). The summed E-state index contributed by atoms with van der Waals surface area (Å²) in [6.07, 6.45) is 1.37. The maximum absolute atomic E-state index is 12.0. The number of aromatic nitrogens is 1. The number of hydrogen-bond acceptors (Lipinski definition) is 1. The fourth-order valence-corrected chi connectivity index (χ4v) is 0.622. The van der Waals surface area contributed by atoms with Gasteiger partial charge in [0, 0.05) is 10.7 Å². The highest BCUT2D eigenvalue weighted by Gasteiger charge is 1.89. The molecule has 0 amide bonds. The zero-order chi connectivity index (χ0) is 5.98. The van der Waals surface area contributed by atoms with Gasteiger partial charge < -0.3 is 0 Å². The molecule has 0 saturated carbocycles. The van der Waals surface area contributed by atoms with E-state index in [2.05, 4.69) is 27.0 Å². The maximum atomic E-state index is 12.0. The molecular weight excluding hydrogens is 173 g/mol. The van der Waals surface area contributed by atoms with Crippen molar-refractivity contribution in [2.24, 2.45) is 0 Å². The van der Waals surface area contributed by atoms with Gasteiger partial charge in [0.15, 0.2) is 0 Å². The van der Waals surface area contributed by atoms with Crippen LogP contribution in [0.2, 0.25) is 0 Å². The van der Waals surface area contributed by atoms with Crippen LogP contribution in [0.25, 0.3) is 0 Å². The van der Waals surface area contributed by atoms with Crippen molar-refractivity contribution in [2.45, 2.75) is 0 Å². The summed E-state index contributed by atoms with van der Waals surface area (Å²) >= 11 is 3.03. The smallest absolute Gasteiger partial charge is 0.222 e. The van der Waals surface area contributed by atoms with Crippen molar-refractivity contribution < 1.29 is 4.39 Å². The van der Waals surface area contributed by atoms with Gasteiger partial charge in [0.1, 0.15) is 0 Å². The fraction of sp³-hybridized carbons (Fsp3) is 0. The van der Waals surface area contributed by atoms with Crippen molar-refractivity contribution in [3.8, 4) is 0 Å². The second kappa shape index (κ2) is 2.22. The monoisotopic (exact) mass is 174 g/mol. The molecule has 0 aliphatic heterocycles. The Labute approximate surface area is 54.7 Å². The zero-order valence-corrected chi connectivity index (χ0v) is 5.44. The van der Waals surface area contributed by atoms with Crippen LogP contribution in [0, 0.1) is 12.0 Å². The zero-order valence-electron chi connectivity index (χ0n) is 3.86. The molecule has 0 fully saturated rings. The van der Waals surface area contributed by atoms with Gasteiger partial charge in [-0.25, -0.2) is 4.98 Å². The Balaban J connectivity index is 3.08. The number of nitrogens with zero attached hydrogens (tertiary/aromatic N) is 1. The van der Waals surface area contributed by atoms with Crippen molar-refractivity contribution in [3.63, 3.8) is 0 Å². The first kappa shape index (κ1) is 5.69. The SMILES string of the molecule is Fc1[c]c(Br)ccn1. The third kappa shape index (κ3) is 1.26. The lowest BCUT2D eigenvalue weighted by atomic mass is 10.5. The van der Waals surface area contributed by atoms with E-state index in [1.807, 2.05) is 0 Å². The lowest BCUT2D eigenvalue weighted by Crippen LogP contribution is -1.78. The van der Waals surface area contributed by atoms with Crippen LogP contribution in [-0.4, -0.2) is 4.98 Å². The molecule has 3 heteroatoms. The Bertz CT molecular complexity index is 172. The van der Waals surface area contributed by atoms with E-state index in [-0.39, 0.29) is 0 Å². The van der Waals surface area contributed by atoms with Gasteiger partial charge in [-0.2, -0.15) is 4.39 Å². The molecule has 1 heterocycles. The van der Waals surface area contributed by atoms with Gasteiger partial charge >= 0.3 is 0 Å². The van der Waals surface area contributed by atoms with Crippen LogP contribution in [0.3, 0.4) is 0 Å². The minimum atomic E-state index is -0.584. The molecule has 0 bridgehead atoms. The van der Waals surface area contributed by atoms with E-state index >= 15 is 0 Å². The third-order valence-electron chi connectivity index (χ3n) is 0.631. The molecule has 0 saturated heterocycles. The second-order valence-corrected chi connectivity index (χ2v) is 2.06. The van der Waals surface area contributed by atoms with Crippen LogP contribution in [0.4, 0.5) is 4.39 Å². The lowest BCUT2D eigenvalue weighted by molar-refractivity contribution is 0.580. The Morgan fingerprint density at radius 1 is 1.75 bits per heavy atom. The molecule has 0 aromatic carbocycles. The van der Waals surface area contributed by atoms with E-state index in [1.54, 1.807) is 6.07 Å². The molecule has 0 N–H and O–H groups in total. The average molecular weight is 175 g/mol. The van der Waals surface area contributed by atoms with Gasteiger partial charge in [0.05, 0.1) is 6.07 Å². The summed E-state index contributed by atoms with van der Waals surface area (Å²) in [4.78, 5) is 3.29. The van der Waals surface area contributed by atoms with Crippen LogP contribution in [0.15, 0.2) is 16.7 Å². The minimum Gasteiger partial charge on any atom is -0.228 e. The molecule has 1 nitrogen and oxygen atoms in total. The summed E-state index contributed by atoms with van der Waals surface area (Å²) in [7, 11) is 0. The third-order valence-corrected chi connectivity index (χ3v) is 1.09. The van der Waals surface area contributed by atoms with Gasteiger partial charge in [-0.05, 0) is 22.0 Å². The summed E-state index contributed by atoms with van der Waals surface area (Å²) in [5.74, 6) is -0.584. The maximum Gasteiger partial charge on any atom is 0.222 e. The highest BCUT2D eigenvalue weighted by Crippen LogP contribution is 2.05. The molecular formula is C5H2BrFN. The molecule has 1 radical (unpaired) electrons. The molecule has 0 aliphatic rings. The fourth-order valence-electron chi connectivity index (χ4n) is 0.341. The number of rotatable bonds is 0. The van der Waals surface area contributed by atoms with Crippen LogP contribution >= 0.6 is 15.9 Å². The first-order valence-electron chi connectivity index (χ1n) is 1.98. The van der Waals surface area contributed by atoms with Gasteiger partial charge in [-0.3, -0.25) is 0 Å². The topological polar surface area (TPSA) is 12.9 Å². The first-order chi connectivity index (χ1) is 3.79. The summed E-state index contributed by atoms with van der Waals surface area (Å²) < 4.78 is 12.6. The molecule has 8 heavy (non-hydrogen) atoms. The standard InChI is InChI=1S/C5H2BrFN/c6-4-1-2-8-5(7)3-4/h1-2H. The van der Waals surface area contributed by atoms with Gasteiger partial charge in [0.25, 0.3) is 0 Å². The van der Waals surface area contributed by atoms with E-state index in [4.69, 9.17) is 0 Å². The van der Waals surface area contributed by atoms with Crippen molar-refractivity contribution in [1.29, 1.82) is 0 Å². The Morgan fingerprint density at radius 3 is 2.88 bits per heavy atom. The van der Waals surface area contributed by atoms with Crippen LogP contribution in [-0.2, 0) is 0 Å². The molecule has 41 valence electrons. The van der Waals surface area contributed by atoms with E-state index in [0.717, 1.165) is 0 Å². The molecule has 0 aliphatic carbocycles. The average Bonchev–Trinajstić information content (AvgIpc) is 1.64. The molecule has 0 spiro atoms. The van der Waals surface area contributed by atoms with E-state index in [0.29, 0.717) is 4.47 Å². The van der Waals surface area contributed by atoms with Crippen molar-refractivity contribution in [3.05, 3.63) is 28.7 Å². The minimum absolute atomic E-state index is 0.584. The summed E-state index contributed by atoms with van der Waals surface area (Å²) in [5.41, 5.74) is 0. The highest BCUT2D eigenvalue weighted by molar-refractivity contribution is 9.10. The second-order valence-electron chi connectivity index (χ2n) is 1.21. The van der Waals surface area contributed by atoms with Crippen LogP contribution < -0.4 is 0 Å². The van der Waals surface area contributed by atoms with Gasteiger partial charge in [0.2, 0.25) is 5.95 Å². The van der Waals surface area contributed by atoms with Gasteiger partial charge in [-0.1, -0.05) is 0 Å². The number of halogens is 2. The molecule has 0 atom stereocenters. The number of pyridine rings is 1. The van der Waals surface area contributed by atoms with Crippen molar-refractivity contribution in [2.75, 3.05) is 0 Å². The quantitative estimate of drug-likeness (QED) is 0.547. The Morgan fingerprint density at radius 2 is 2.50 bits per heavy atom. The van der Waals surface area contributed by atoms with E-state index in [1.165, 1.54) is 6.20 Å². The highest BCUT2D eigenvalue weighted by atomic mass is 79.9. The predicted octanol–water partition coefficient (Wildman–Crippen LogP) is 1.78. The Hall–Kier alpha value is -0.440. The van der Waals surface area contributed by atoms with Crippen molar-refractivity contribution in [1.82, 2.24) is 4.98 Å². The largest absolute Gasteiger partial charge is 0.228 e. The summed E-state index contributed by atoms with van der Waals surface area (Å²) in [6.45, 7) is 0. The normalized spacial score (nSPS) is 9.25. The predicted molar refractivity (Wildman–Crippen MR) is 30.7 cm³/mol. The van der Waals surface area contributed by atoms with Gasteiger partial charge in [-0.15, -0.1) is 0 Å². The summed E-state index contributed by atoms with van der Waals surface area (Å²) in [5, 5.41) is 0.